The summed E-state index contributed by atoms with van der Waals surface area (Å²) in [5.41, 5.74) is 1.83. The molecule has 0 atom stereocenters. The number of halogens is 1. The summed E-state index contributed by atoms with van der Waals surface area (Å²) in [7, 11) is 2.06. The van der Waals surface area contributed by atoms with E-state index < -0.39 is 5.60 Å². The molecule has 1 aliphatic rings. The molecule has 0 radical (unpaired) electrons. The van der Waals surface area contributed by atoms with Gasteiger partial charge >= 0.3 is 0 Å². The van der Waals surface area contributed by atoms with E-state index in [0.29, 0.717) is 6.54 Å². The zero-order valence-corrected chi connectivity index (χ0v) is 13.9. The molecule has 0 aliphatic heterocycles. The molecule has 1 fully saturated rings. The van der Waals surface area contributed by atoms with Crippen molar-refractivity contribution in [2.45, 2.75) is 51.2 Å². The first-order valence-corrected chi connectivity index (χ1v) is 8.34. The third-order valence-corrected chi connectivity index (χ3v) is 4.50. The zero-order valence-electron chi connectivity index (χ0n) is 13.2. The summed E-state index contributed by atoms with van der Waals surface area (Å²) in [5.74, 6) is 0. The zero-order chi connectivity index (χ0) is 15.3. The number of likely N-dealkylation sites (N-methyl/N-ethyl adjacent to an activating group) is 1. The number of nitrogens with zero attached hydrogens (tertiary/aromatic N) is 1. The van der Waals surface area contributed by atoms with E-state index in [1.54, 1.807) is 0 Å². The Morgan fingerprint density at radius 2 is 2.05 bits per heavy atom. The summed E-state index contributed by atoms with van der Waals surface area (Å²) >= 11 is 6.14. The lowest BCUT2D eigenvalue weighted by Gasteiger charge is -2.31. The monoisotopic (exact) mass is 310 g/mol. The molecule has 0 spiro atoms. The average molecular weight is 311 g/mol. The van der Waals surface area contributed by atoms with Crippen molar-refractivity contribution in [1.29, 1.82) is 0 Å². The van der Waals surface area contributed by atoms with E-state index in [-0.39, 0.29) is 0 Å². The molecule has 0 heterocycles. The van der Waals surface area contributed by atoms with Crippen LogP contribution in [0.1, 0.15) is 44.6 Å². The van der Waals surface area contributed by atoms with Gasteiger partial charge in [-0.3, -0.25) is 0 Å². The van der Waals surface area contributed by atoms with Gasteiger partial charge in [-0.15, -0.1) is 0 Å². The molecule has 0 aromatic heterocycles. The smallest absolute Gasteiger partial charge is 0.0821 e. The van der Waals surface area contributed by atoms with E-state index in [4.69, 9.17) is 11.6 Å². The molecular weight excluding hydrogens is 284 g/mol. The number of hydrogen-bond acceptors (Lipinski definition) is 3. The van der Waals surface area contributed by atoms with Gasteiger partial charge in [0.05, 0.1) is 5.60 Å². The van der Waals surface area contributed by atoms with Crippen LogP contribution in [0.4, 0.5) is 5.69 Å². The fraction of sp³-hybridized carbons (Fsp3) is 0.647. The standard InChI is InChI=1S/C17H27ClN2O/c1-3-10-19-12-14-11-15(18)6-7-16(14)20(2)13-17(21)8-4-5-9-17/h6-7,11,19,21H,3-5,8-10,12-13H2,1-2H3. The van der Waals surface area contributed by atoms with Gasteiger partial charge in [0, 0.05) is 30.8 Å². The van der Waals surface area contributed by atoms with Crippen LogP contribution in [0.3, 0.4) is 0 Å². The molecule has 0 bridgehead atoms. The molecule has 3 nitrogen and oxygen atoms in total. The molecule has 4 heteroatoms. The van der Waals surface area contributed by atoms with Crippen LogP contribution in [-0.4, -0.2) is 30.8 Å². The topological polar surface area (TPSA) is 35.5 Å². The molecule has 0 amide bonds. The SMILES string of the molecule is CCCNCc1cc(Cl)ccc1N(C)CC1(O)CCCC1. The Bertz CT molecular complexity index is 458. The second kappa shape index (κ2) is 7.48. The number of nitrogens with one attached hydrogen (secondary N) is 1. The van der Waals surface area contributed by atoms with Gasteiger partial charge in [0.25, 0.3) is 0 Å². The van der Waals surface area contributed by atoms with Gasteiger partial charge in [-0.2, -0.15) is 0 Å². The summed E-state index contributed by atoms with van der Waals surface area (Å²) in [6.45, 7) is 4.66. The number of rotatable bonds is 7. The van der Waals surface area contributed by atoms with Gasteiger partial charge in [0.1, 0.15) is 0 Å². The molecule has 1 aromatic rings. The van der Waals surface area contributed by atoms with Crippen molar-refractivity contribution < 1.29 is 5.11 Å². The van der Waals surface area contributed by atoms with E-state index in [1.807, 2.05) is 12.1 Å². The Labute approximate surface area is 133 Å². The van der Waals surface area contributed by atoms with Crippen molar-refractivity contribution in [1.82, 2.24) is 5.32 Å². The number of hydrogen-bond donors (Lipinski definition) is 2. The van der Waals surface area contributed by atoms with Crippen LogP contribution in [0.15, 0.2) is 18.2 Å². The third kappa shape index (κ3) is 4.60. The van der Waals surface area contributed by atoms with Crippen molar-refractivity contribution in [3.8, 4) is 0 Å². The first-order valence-electron chi connectivity index (χ1n) is 7.97. The lowest BCUT2D eigenvalue weighted by Crippen LogP contribution is -2.39. The van der Waals surface area contributed by atoms with Crippen molar-refractivity contribution in [2.75, 3.05) is 25.0 Å². The van der Waals surface area contributed by atoms with Gasteiger partial charge in [-0.25, -0.2) is 0 Å². The highest BCUT2D eigenvalue weighted by Crippen LogP contribution is 2.32. The first kappa shape index (κ1) is 16.6. The summed E-state index contributed by atoms with van der Waals surface area (Å²) in [6.07, 6.45) is 5.21. The molecule has 0 saturated heterocycles. The van der Waals surface area contributed by atoms with Crippen LogP contribution in [0, 0.1) is 0 Å². The Kier molecular flexibility index (Phi) is 5.91. The van der Waals surface area contributed by atoms with E-state index in [9.17, 15) is 5.11 Å². The third-order valence-electron chi connectivity index (χ3n) is 4.26. The molecular formula is C17H27ClN2O. The van der Waals surface area contributed by atoms with Crippen LogP contribution >= 0.6 is 11.6 Å². The summed E-state index contributed by atoms with van der Waals surface area (Å²) < 4.78 is 0. The highest BCUT2D eigenvalue weighted by Gasteiger charge is 2.32. The van der Waals surface area contributed by atoms with Gasteiger partial charge in [0.15, 0.2) is 0 Å². The lowest BCUT2D eigenvalue weighted by molar-refractivity contribution is 0.0559. The van der Waals surface area contributed by atoms with E-state index in [2.05, 4.69) is 30.3 Å². The predicted molar refractivity (Wildman–Crippen MR) is 90.1 cm³/mol. The summed E-state index contributed by atoms with van der Waals surface area (Å²) in [4.78, 5) is 2.17. The Morgan fingerprint density at radius 3 is 2.71 bits per heavy atom. The minimum atomic E-state index is -0.525. The van der Waals surface area contributed by atoms with Crippen LogP contribution in [0.2, 0.25) is 5.02 Å². The molecule has 21 heavy (non-hydrogen) atoms. The number of aliphatic hydroxyl groups is 1. The quantitative estimate of drug-likeness (QED) is 0.756. The van der Waals surface area contributed by atoms with Gasteiger partial charge in [-0.05, 0) is 49.6 Å². The van der Waals surface area contributed by atoms with Crippen LogP contribution in [-0.2, 0) is 6.54 Å². The van der Waals surface area contributed by atoms with Crippen molar-refractivity contribution in [2.24, 2.45) is 0 Å². The highest BCUT2D eigenvalue weighted by atomic mass is 35.5. The summed E-state index contributed by atoms with van der Waals surface area (Å²) in [5, 5.41) is 14.8. The average Bonchev–Trinajstić information content (AvgIpc) is 2.85. The van der Waals surface area contributed by atoms with Crippen LogP contribution in [0.5, 0.6) is 0 Å². The minimum Gasteiger partial charge on any atom is -0.388 e. The van der Waals surface area contributed by atoms with E-state index >= 15 is 0 Å². The van der Waals surface area contributed by atoms with Crippen molar-refractivity contribution >= 4 is 17.3 Å². The maximum absolute atomic E-state index is 10.6. The lowest BCUT2D eigenvalue weighted by atomic mass is 10.0. The van der Waals surface area contributed by atoms with Crippen LogP contribution < -0.4 is 10.2 Å². The Morgan fingerprint density at radius 1 is 1.33 bits per heavy atom. The minimum absolute atomic E-state index is 0.525. The largest absolute Gasteiger partial charge is 0.388 e. The van der Waals surface area contributed by atoms with Gasteiger partial charge in [-0.1, -0.05) is 31.4 Å². The Hall–Kier alpha value is -0.770. The fourth-order valence-corrected chi connectivity index (χ4v) is 3.38. The second-order valence-electron chi connectivity index (χ2n) is 6.24. The molecule has 1 aliphatic carbocycles. The fourth-order valence-electron chi connectivity index (χ4n) is 3.19. The molecule has 2 rings (SSSR count). The van der Waals surface area contributed by atoms with Crippen LogP contribution in [0.25, 0.3) is 0 Å². The van der Waals surface area contributed by atoms with Gasteiger partial charge in [0.2, 0.25) is 0 Å². The van der Waals surface area contributed by atoms with Crippen molar-refractivity contribution in [3.05, 3.63) is 28.8 Å². The molecule has 118 valence electrons. The molecule has 1 aromatic carbocycles. The highest BCUT2D eigenvalue weighted by molar-refractivity contribution is 6.30. The molecule has 2 N–H and O–H groups in total. The normalized spacial score (nSPS) is 17.1. The second-order valence-corrected chi connectivity index (χ2v) is 6.67. The van der Waals surface area contributed by atoms with E-state index in [1.165, 1.54) is 5.56 Å². The first-order chi connectivity index (χ1) is 10.0. The maximum Gasteiger partial charge on any atom is 0.0821 e. The maximum atomic E-state index is 10.6. The van der Waals surface area contributed by atoms with Crippen molar-refractivity contribution in [3.63, 3.8) is 0 Å². The molecule has 0 unspecified atom stereocenters. The van der Waals surface area contributed by atoms with E-state index in [0.717, 1.165) is 55.9 Å². The molecule has 1 saturated carbocycles. The number of benzene rings is 1. The summed E-state index contributed by atoms with van der Waals surface area (Å²) in [6, 6.07) is 6.01. The Balaban J connectivity index is 2.09. The predicted octanol–water partition coefficient (Wildman–Crippen LogP) is 3.58. The number of anilines is 1. The van der Waals surface area contributed by atoms with Gasteiger partial charge < -0.3 is 15.3 Å².